The van der Waals surface area contributed by atoms with E-state index >= 15 is 0 Å². The molecule has 1 aromatic carbocycles. The predicted molar refractivity (Wildman–Crippen MR) is 85.2 cm³/mol. The summed E-state index contributed by atoms with van der Waals surface area (Å²) in [4.78, 5) is 38.2. The number of likely N-dealkylation sites (N-methyl/N-ethyl adjacent to an activating group) is 1. The first-order valence-electron chi connectivity index (χ1n) is 6.66. The Balaban J connectivity index is 2.19. The third-order valence-corrected chi connectivity index (χ3v) is 3.93. The Morgan fingerprint density at radius 3 is 2.32 bits per heavy atom. The van der Waals surface area contributed by atoms with E-state index in [0.717, 1.165) is 0 Å². The van der Waals surface area contributed by atoms with Gasteiger partial charge in [-0.3, -0.25) is 14.4 Å². The number of rotatable bonds is 5. The van der Waals surface area contributed by atoms with Gasteiger partial charge in [0.05, 0.1) is 17.0 Å². The Morgan fingerprint density at radius 1 is 1.05 bits per heavy atom. The lowest BCUT2D eigenvalue weighted by molar-refractivity contribution is -0.127. The van der Waals surface area contributed by atoms with Crippen molar-refractivity contribution in [2.75, 3.05) is 20.6 Å². The third-order valence-electron chi connectivity index (χ3n) is 3.06. The molecule has 0 atom stereocenters. The first kappa shape index (κ1) is 15.9. The quantitative estimate of drug-likeness (QED) is 0.855. The first-order valence-corrected chi connectivity index (χ1v) is 7.54. The molecule has 2 aromatic rings. The summed E-state index contributed by atoms with van der Waals surface area (Å²) in [5, 5.41) is 4.35. The number of ketones is 1. The summed E-state index contributed by atoms with van der Waals surface area (Å²) in [5.74, 6) is -0.842. The highest BCUT2D eigenvalue weighted by atomic mass is 32.1. The standard InChI is InChI=1S/C16H16N2O3S/c1-18(2)14(19)10-17-16(21)12-7-4-3-6-11(12)15(20)13-8-5-9-22-13/h3-9H,10H2,1-2H3,(H,17,21). The van der Waals surface area contributed by atoms with Crippen molar-refractivity contribution in [3.8, 4) is 0 Å². The SMILES string of the molecule is CN(C)C(=O)CNC(=O)c1ccccc1C(=O)c1cccs1. The summed E-state index contributed by atoms with van der Waals surface area (Å²) in [5.41, 5.74) is 0.604. The molecule has 0 unspecified atom stereocenters. The van der Waals surface area contributed by atoms with Crippen LogP contribution in [0.2, 0.25) is 0 Å². The number of nitrogens with one attached hydrogen (secondary N) is 1. The number of nitrogens with zero attached hydrogens (tertiary/aromatic N) is 1. The minimum Gasteiger partial charge on any atom is -0.347 e. The van der Waals surface area contributed by atoms with Crippen LogP contribution in [0.5, 0.6) is 0 Å². The van der Waals surface area contributed by atoms with Crippen LogP contribution >= 0.6 is 11.3 Å². The summed E-state index contributed by atoms with van der Waals surface area (Å²) in [6.07, 6.45) is 0. The summed E-state index contributed by atoms with van der Waals surface area (Å²) in [6, 6.07) is 10.1. The zero-order chi connectivity index (χ0) is 16.1. The van der Waals surface area contributed by atoms with Crippen molar-refractivity contribution in [3.05, 3.63) is 57.8 Å². The molecule has 1 heterocycles. The summed E-state index contributed by atoms with van der Waals surface area (Å²) < 4.78 is 0. The van der Waals surface area contributed by atoms with Crippen LogP contribution in [0.4, 0.5) is 0 Å². The Bertz CT molecular complexity index is 693. The molecule has 0 fully saturated rings. The zero-order valence-electron chi connectivity index (χ0n) is 12.3. The maximum absolute atomic E-state index is 12.4. The number of amides is 2. The van der Waals surface area contributed by atoms with Crippen molar-refractivity contribution in [1.29, 1.82) is 0 Å². The summed E-state index contributed by atoms with van der Waals surface area (Å²) in [6.45, 7) is -0.104. The molecule has 0 aliphatic rings. The zero-order valence-corrected chi connectivity index (χ0v) is 13.1. The van der Waals surface area contributed by atoms with Gasteiger partial charge in [-0.05, 0) is 17.5 Å². The second kappa shape index (κ2) is 7.00. The third kappa shape index (κ3) is 3.59. The first-order chi connectivity index (χ1) is 10.5. The topological polar surface area (TPSA) is 66.5 Å². The molecular weight excluding hydrogens is 300 g/mol. The minimum atomic E-state index is -0.435. The van der Waals surface area contributed by atoms with Gasteiger partial charge in [0.1, 0.15) is 0 Å². The van der Waals surface area contributed by atoms with Crippen molar-refractivity contribution >= 4 is 28.9 Å². The average molecular weight is 316 g/mol. The molecule has 2 rings (SSSR count). The number of benzene rings is 1. The number of hydrogen-bond donors (Lipinski definition) is 1. The van der Waals surface area contributed by atoms with E-state index in [0.29, 0.717) is 10.4 Å². The van der Waals surface area contributed by atoms with E-state index in [1.165, 1.54) is 16.2 Å². The molecule has 0 aliphatic heterocycles. The van der Waals surface area contributed by atoms with Gasteiger partial charge in [-0.1, -0.05) is 24.3 Å². The van der Waals surface area contributed by atoms with Crippen LogP contribution in [-0.4, -0.2) is 43.1 Å². The second-order valence-electron chi connectivity index (χ2n) is 4.82. The smallest absolute Gasteiger partial charge is 0.252 e. The van der Waals surface area contributed by atoms with Gasteiger partial charge in [0.25, 0.3) is 5.91 Å². The molecule has 2 amide bonds. The number of carbonyl (C=O) groups is 3. The highest BCUT2D eigenvalue weighted by molar-refractivity contribution is 7.12. The van der Waals surface area contributed by atoms with Crippen molar-refractivity contribution in [2.24, 2.45) is 0 Å². The minimum absolute atomic E-state index is 0.104. The highest BCUT2D eigenvalue weighted by Gasteiger charge is 2.19. The molecule has 6 heteroatoms. The van der Waals surface area contributed by atoms with Gasteiger partial charge >= 0.3 is 0 Å². The van der Waals surface area contributed by atoms with Gasteiger partial charge < -0.3 is 10.2 Å². The largest absolute Gasteiger partial charge is 0.347 e. The molecule has 1 aromatic heterocycles. The monoisotopic (exact) mass is 316 g/mol. The van der Waals surface area contributed by atoms with Crippen LogP contribution in [0.3, 0.4) is 0 Å². The molecule has 0 radical (unpaired) electrons. The molecule has 114 valence electrons. The van der Waals surface area contributed by atoms with Crippen molar-refractivity contribution in [3.63, 3.8) is 0 Å². The van der Waals surface area contributed by atoms with E-state index in [2.05, 4.69) is 5.32 Å². The Labute approximate surface area is 132 Å². The van der Waals surface area contributed by atoms with Gasteiger partial charge in [0, 0.05) is 19.7 Å². The van der Waals surface area contributed by atoms with Crippen LogP contribution in [0.15, 0.2) is 41.8 Å². The van der Waals surface area contributed by atoms with E-state index in [1.54, 1.807) is 50.5 Å². The van der Waals surface area contributed by atoms with Crippen LogP contribution in [0, 0.1) is 0 Å². The molecule has 0 aliphatic carbocycles. The summed E-state index contributed by atoms with van der Waals surface area (Å²) in [7, 11) is 3.23. The molecule has 0 bridgehead atoms. The summed E-state index contributed by atoms with van der Waals surface area (Å²) >= 11 is 1.33. The lowest BCUT2D eigenvalue weighted by atomic mass is 10.0. The highest BCUT2D eigenvalue weighted by Crippen LogP contribution is 2.18. The van der Waals surface area contributed by atoms with Crippen LogP contribution in [0.25, 0.3) is 0 Å². The lowest BCUT2D eigenvalue weighted by Gasteiger charge is -2.12. The molecule has 22 heavy (non-hydrogen) atoms. The molecule has 1 N–H and O–H groups in total. The Morgan fingerprint density at radius 2 is 1.73 bits per heavy atom. The maximum Gasteiger partial charge on any atom is 0.252 e. The Kier molecular flexibility index (Phi) is 5.06. The number of carbonyl (C=O) groups excluding carboxylic acids is 3. The van der Waals surface area contributed by atoms with Gasteiger partial charge in [0.2, 0.25) is 11.7 Å². The number of thiophene rings is 1. The van der Waals surface area contributed by atoms with E-state index in [9.17, 15) is 14.4 Å². The fourth-order valence-electron chi connectivity index (χ4n) is 1.83. The van der Waals surface area contributed by atoms with Crippen LogP contribution < -0.4 is 5.32 Å². The fourth-order valence-corrected chi connectivity index (χ4v) is 2.51. The fraction of sp³-hybridized carbons (Fsp3) is 0.188. The van der Waals surface area contributed by atoms with Crippen molar-refractivity contribution < 1.29 is 14.4 Å². The molecule has 0 spiro atoms. The Hall–Kier alpha value is -2.47. The van der Waals surface area contributed by atoms with Gasteiger partial charge in [-0.2, -0.15) is 0 Å². The predicted octanol–water partition coefficient (Wildman–Crippen LogP) is 1.80. The van der Waals surface area contributed by atoms with Crippen LogP contribution in [0.1, 0.15) is 25.6 Å². The van der Waals surface area contributed by atoms with Crippen LogP contribution in [-0.2, 0) is 4.79 Å². The van der Waals surface area contributed by atoms with Gasteiger partial charge in [-0.15, -0.1) is 11.3 Å². The second-order valence-corrected chi connectivity index (χ2v) is 5.77. The average Bonchev–Trinajstić information content (AvgIpc) is 3.05. The van der Waals surface area contributed by atoms with E-state index in [4.69, 9.17) is 0 Å². The molecule has 0 saturated heterocycles. The molecule has 5 nitrogen and oxygen atoms in total. The van der Waals surface area contributed by atoms with E-state index in [-0.39, 0.29) is 23.8 Å². The number of hydrogen-bond acceptors (Lipinski definition) is 4. The van der Waals surface area contributed by atoms with E-state index in [1.807, 2.05) is 5.38 Å². The van der Waals surface area contributed by atoms with Crippen molar-refractivity contribution in [2.45, 2.75) is 0 Å². The van der Waals surface area contributed by atoms with E-state index < -0.39 is 5.91 Å². The maximum atomic E-state index is 12.4. The normalized spacial score (nSPS) is 10.1. The van der Waals surface area contributed by atoms with Gasteiger partial charge in [-0.25, -0.2) is 0 Å². The molecular formula is C16H16N2O3S. The van der Waals surface area contributed by atoms with Crippen molar-refractivity contribution in [1.82, 2.24) is 10.2 Å². The molecule has 0 saturated carbocycles. The lowest BCUT2D eigenvalue weighted by Crippen LogP contribution is -2.36. The van der Waals surface area contributed by atoms with Gasteiger partial charge in [0.15, 0.2) is 0 Å².